The molecule has 4 rings (SSSR count). The standard InChI is InChI=1S/C20H18ClFN2O2/c1-26-19-7-3-12(21)9-18(19)24-20(25)11-2-5-16-14(8-11)15-10-13(22)4-6-17(15)23-16/h3-4,6-7,9-11,23H,2,5,8H2,1H3,(H,24,25). The van der Waals surface area contributed by atoms with Crippen LogP contribution in [-0.4, -0.2) is 18.0 Å². The second kappa shape index (κ2) is 6.65. The average molecular weight is 373 g/mol. The molecule has 0 aliphatic heterocycles. The molecule has 0 saturated heterocycles. The lowest BCUT2D eigenvalue weighted by Crippen LogP contribution is -2.28. The zero-order valence-electron chi connectivity index (χ0n) is 14.2. The predicted octanol–water partition coefficient (Wildman–Crippen LogP) is 4.71. The summed E-state index contributed by atoms with van der Waals surface area (Å²) in [6, 6.07) is 9.83. The molecule has 4 nitrogen and oxygen atoms in total. The van der Waals surface area contributed by atoms with Gasteiger partial charge in [0, 0.05) is 27.5 Å². The summed E-state index contributed by atoms with van der Waals surface area (Å²) in [7, 11) is 1.55. The molecule has 1 amide bonds. The van der Waals surface area contributed by atoms with Gasteiger partial charge in [-0.1, -0.05) is 11.6 Å². The first-order valence-electron chi connectivity index (χ1n) is 8.48. The maximum absolute atomic E-state index is 13.6. The van der Waals surface area contributed by atoms with Gasteiger partial charge in [-0.25, -0.2) is 4.39 Å². The van der Waals surface area contributed by atoms with E-state index in [1.165, 1.54) is 12.1 Å². The van der Waals surface area contributed by atoms with Gasteiger partial charge in [-0.05, 0) is 61.2 Å². The molecular formula is C20H18ClFN2O2. The highest BCUT2D eigenvalue weighted by atomic mass is 35.5. The normalized spacial score (nSPS) is 16.3. The average Bonchev–Trinajstić information content (AvgIpc) is 2.99. The third-order valence-electron chi connectivity index (χ3n) is 4.94. The van der Waals surface area contributed by atoms with E-state index in [1.807, 2.05) is 0 Å². The summed E-state index contributed by atoms with van der Waals surface area (Å²) in [5, 5.41) is 4.31. The molecule has 1 atom stereocenters. The van der Waals surface area contributed by atoms with Gasteiger partial charge in [0.2, 0.25) is 5.91 Å². The van der Waals surface area contributed by atoms with E-state index in [1.54, 1.807) is 31.4 Å². The summed E-state index contributed by atoms with van der Waals surface area (Å²) in [5.74, 6) is 0.0263. The molecule has 2 aromatic carbocycles. The van der Waals surface area contributed by atoms with Crippen LogP contribution in [-0.2, 0) is 17.6 Å². The van der Waals surface area contributed by atoms with Gasteiger partial charge < -0.3 is 15.0 Å². The number of hydrogen-bond acceptors (Lipinski definition) is 2. The number of methoxy groups -OCH3 is 1. The van der Waals surface area contributed by atoms with E-state index in [4.69, 9.17) is 16.3 Å². The molecule has 0 bridgehead atoms. The number of amides is 1. The van der Waals surface area contributed by atoms with Gasteiger partial charge in [-0.15, -0.1) is 0 Å². The van der Waals surface area contributed by atoms with Crippen LogP contribution in [0.25, 0.3) is 10.9 Å². The summed E-state index contributed by atoms with van der Waals surface area (Å²) < 4.78 is 18.9. The molecule has 1 aromatic heterocycles. The van der Waals surface area contributed by atoms with E-state index in [0.717, 1.165) is 35.0 Å². The van der Waals surface area contributed by atoms with Crippen LogP contribution in [0.15, 0.2) is 36.4 Å². The lowest BCUT2D eigenvalue weighted by Gasteiger charge is -2.22. The maximum Gasteiger partial charge on any atom is 0.227 e. The molecule has 3 aromatic rings. The molecule has 2 N–H and O–H groups in total. The second-order valence-corrected chi connectivity index (χ2v) is 6.98. The largest absolute Gasteiger partial charge is 0.495 e. The van der Waals surface area contributed by atoms with Gasteiger partial charge in [0.25, 0.3) is 0 Å². The van der Waals surface area contributed by atoms with Crippen LogP contribution in [0.4, 0.5) is 10.1 Å². The third-order valence-corrected chi connectivity index (χ3v) is 5.18. The Morgan fingerprint density at radius 2 is 2.15 bits per heavy atom. The minimum Gasteiger partial charge on any atom is -0.495 e. The van der Waals surface area contributed by atoms with Crippen molar-refractivity contribution >= 4 is 34.1 Å². The van der Waals surface area contributed by atoms with E-state index < -0.39 is 0 Å². The van der Waals surface area contributed by atoms with Crippen molar-refractivity contribution in [1.82, 2.24) is 4.98 Å². The number of fused-ring (bicyclic) bond motifs is 3. The number of carbonyl (C=O) groups excluding carboxylic acids is 1. The number of aryl methyl sites for hydroxylation is 1. The number of nitrogens with one attached hydrogen (secondary N) is 2. The van der Waals surface area contributed by atoms with Crippen molar-refractivity contribution in [2.24, 2.45) is 5.92 Å². The topological polar surface area (TPSA) is 54.1 Å². The van der Waals surface area contributed by atoms with E-state index >= 15 is 0 Å². The number of rotatable bonds is 3. The quantitative estimate of drug-likeness (QED) is 0.699. The van der Waals surface area contributed by atoms with Crippen molar-refractivity contribution in [3.63, 3.8) is 0 Å². The van der Waals surface area contributed by atoms with Gasteiger partial charge in [-0.3, -0.25) is 4.79 Å². The Labute approximate surface area is 155 Å². The zero-order valence-corrected chi connectivity index (χ0v) is 15.0. The summed E-state index contributed by atoms with van der Waals surface area (Å²) in [5.41, 5.74) is 3.59. The van der Waals surface area contributed by atoms with Crippen molar-refractivity contribution < 1.29 is 13.9 Å². The van der Waals surface area contributed by atoms with E-state index in [2.05, 4.69) is 10.3 Å². The van der Waals surface area contributed by atoms with Gasteiger partial charge in [0.05, 0.1) is 12.8 Å². The van der Waals surface area contributed by atoms with E-state index in [-0.39, 0.29) is 17.6 Å². The van der Waals surface area contributed by atoms with Crippen molar-refractivity contribution in [2.45, 2.75) is 19.3 Å². The Kier molecular flexibility index (Phi) is 4.32. The number of hydrogen-bond donors (Lipinski definition) is 2. The van der Waals surface area contributed by atoms with Crippen LogP contribution in [0.1, 0.15) is 17.7 Å². The van der Waals surface area contributed by atoms with Crippen LogP contribution >= 0.6 is 11.6 Å². The first kappa shape index (κ1) is 16.9. The molecule has 1 aliphatic rings. The molecule has 134 valence electrons. The summed E-state index contributed by atoms with van der Waals surface area (Å²) in [6.45, 7) is 0. The van der Waals surface area contributed by atoms with E-state index in [9.17, 15) is 9.18 Å². The molecular weight excluding hydrogens is 355 g/mol. The molecule has 26 heavy (non-hydrogen) atoms. The Hall–Kier alpha value is -2.53. The van der Waals surface area contributed by atoms with Crippen molar-refractivity contribution in [3.8, 4) is 5.75 Å². The number of carbonyl (C=O) groups is 1. The summed E-state index contributed by atoms with van der Waals surface area (Å²) in [6.07, 6.45) is 2.07. The maximum atomic E-state index is 13.6. The highest BCUT2D eigenvalue weighted by Gasteiger charge is 2.28. The monoisotopic (exact) mass is 372 g/mol. The minimum absolute atomic E-state index is 0.0815. The van der Waals surface area contributed by atoms with Crippen LogP contribution in [0, 0.1) is 11.7 Å². The molecule has 6 heteroatoms. The van der Waals surface area contributed by atoms with Gasteiger partial charge in [0.1, 0.15) is 11.6 Å². The molecule has 1 aliphatic carbocycles. The Morgan fingerprint density at radius 3 is 2.96 bits per heavy atom. The van der Waals surface area contributed by atoms with Crippen molar-refractivity contribution in [1.29, 1.82) is 0 Å². The minimum atomic E-state index is -0.269. The fourth-order valence-corrected chi connectivity index (χ4v) is 3.80. The van der Waals surface area contributed by atoms with Crippen LogP contribution in [0.5, 0.6) is 5.75 Å². The van der Waals surface area contributed by atoms with Crippen molar-refractivity contribution in [3.05, 3.63) is 58.5 Å². The Bertz CT molecular complexity index is 999. The highest BCUT2D eigenvalue weighted by Crippen LogP contribution is 2.34. The number of ether oxygens (including phenoxy) is 1. The van der Waals surface area contributed by atoms with Gasteiger partial charge in [-0.2, -0.15) is 0 Å². The summed E-state index contributed by atoms with van der Waals surface area (Å²) in [4.78, 5) is 16.1. The number of anilines is 1. The van der Waals surface area contributed by atoms with E-state index in [0.29, 0.717) is 22.9 Å². The number of aromatic nitrogens is 1. The second-order valence-electron chi connectivity index (χ2n) is 6.55. The Balaban J connectivity index is 1.59. The fraction of sp³-hybridized carbons (Fsp3) is 0.250. The number of halogens is 2. The predicted molar refractivity (Wildman–Crippen MR) is 100 cm³/mol. The molecule has 1 heterocycles. The molecule has 0 radical (unpaired) electrons. The van der Waals surface area contributed by atoms with Crippen LogP contribution in [0.2, 0.25) is 5.02 Å². The number of benzene rings is 2. The van der Waals surface area contributed by atoms with Gasteiger partial charge in [0.15, 0.2) is 0 Å². The Morgan fingerprint density at radius 1 is 1.31 bits per heavy atom. The zero-order chi connectivity index (χ0) is 18.3. The summed E-state index contributed by atoms with van der Waals surface area (Å²) >= 11 is 6.03. The van der Waals surface area contributed by atoms with Crippen molar-refractivity contribution in [2.75, 3.05) is 12.4 Å². The smallest absolute Gasteiger partial charge is 0.227 e. The SMILES string of the molecule is COc1ccc(Cl)cc1NC(=O)C1CCc2[nH]c3ccc(F)cc3c2C1. The molecule has 1 unspecified atom stereocenters. The highest BCUT2D eigenvalue weighted by molar-refractivity contribution is 6.31. The molecule has 0 spiro atoms. The third kappa shape index (κ3) is 3.03. The van der Waals surface area contributed by atoms with Gasteiger partial charge >= 0.3 is 0 Å². The number of H-pyrrole nitrogens is 1. The number of aromatic amines is 1. The van der Waals surface area contributed by atoms with Crippen LogP contribution < -0.4 is 10.1 Å². The fourth-order valence-electron chi connectivity index (χ4n) is 3.63. The van der Waals surface area contributed by atoms with Crippen LogP contribution in [0.3, 0.4) is 0 Å². The molecule has 0 saturated carbocycles. The first-order chi connectivity index (χ1) is 12.5. The molecule has 0 fully saturated rings. The first-order valence-corrected chi connectivity index (χ1v) is 8.86. The lowest BCUT2D eigenvalue weighted by molar-refractivity contribution is -0.120. The lowest BCUT2D eigenvalue weighted by atomic mass is 9.85.